The molecule has 0 radical (unpaired) electrons. The van der Waals surface area contributed by atoms with E-state index in [0.717, 1.165) is 16.9 Å². The number of nitrogens with zero attached hydrogens (tertiary/aromatic N) is 2. The maximum atomic E-state index is 11.9. The zero-order chi connectivity index (χ0) is 20.1. The molecule has 0 spiro atoms. The van der Waals surface area contributed by atoms with Gasteiger partial charge in [-0.2, -0.15) is 8.42 Å². The van der Waals surface area contributed by atoms with Crippen molar-refractivity contribution in [2.75, 3.05) is 16.5 Å². The summed E-state index contributed by atoms with van der Waals surface area (Å²) in [7, 11) is -4.28. The Kier molecular flexibility index (Phi) is 4.82. The fraction of sp³-hybridized carbons (Fsp3) is 0.333. The van der Waals surface area contributed by atoms with Gasteiger partial charge in [-0.25, -0.2) is 0 Å². The van der Waals surface area contributed by atoms with Gasteiger partial charge in [-0.1, -0.05) is 23.8 Å². The minimum atomic E-state index is -4.28. The predicted molar refractivity (Wildman–Crippen MR) is 110 cm³/mol. The fourth-order valence-electron chi connectivity index (χ4n) is 4.33. The van der Waals surface area contributed by atoms with Gasteiger partial charge in [0.15, 0.2) is 0 Å². The van der Waals surface area contributed by atoms with Crippen LogP contribution in [-0.2, 0) is 10.1 Å². The van der Waals surface area contributed by atoms with Crippen LogP contribution in [0.15, 0.2) is 35.5 Å². The van der Waals surface area contributed by atoms with Gasteiger partial charge in [0.25, 0.3) is 10.1 Å². The molecule has 0 amide bonds. The van der Waals surface area contributed by atoms with Crippen LogP contribution in [0.2, 0.25) is 0 Å². The van der Waals surface area contributed by atoms with Gasteiger partial charge < -0.3 is 9.80 Å². The van der Waals surface area contributed by atoms with Crippen LogP contribution in [0.4, 0.5) is 11.4 Å². The first-order chi connectivity index (χ1) is 12.5. The summed E-state index contributed by atoms with van der Waals surface area (Å²) in [6.07, 6.45) is 3.97. The predicted octanol–water partition coefficient (Wildman–Crippen LogP) is 4.54. The number of hydrogen-bond donors (Lipinski definition) is 1. The SMILES string of the molecule is Cc1cc(C)c(N2C=CN(c3c(C)cc(C)c(S(=O)(=O)O)c3C)C2)c(C)c1. The van der Waals surface area contributed by atoms with E-state index in [-0.39, 0.29) is 4.90 Å². The Morgan fingerprint density at radius 3 is 1.78 bits per heavy atom. The summed E-state index contributed by atoms with van der Waals surface area (Å²) in [6, 6.07) is 6.14. The Morgan fingerprint density at radius 2 is 1.26 bits per heavy atom. The molecule has 6 heteroatoms. The Bertz CT molecular complexity index is 1030. The van der Waals surface area contributed by atoms with Gasteiger partial charge in [0.05, 0.1) is 6.67 Å². The summed E-state index contributed by atoms with van der Waals surface area (Å²) in [5, 5.41) is 0. The first-order valence-corrected chi connectivity index (χ1v) is 10.3. The molecule has 0 fully saturated rings. The Labute approximate surface area is 161 Å². The maximum absolute atomic E-state index is 11.9. The van der Waals surface area contributed by atoms with Crippen LogP contribution < -0.4 is 9.80 Å². The van der Waals surface area contributed by atoms with Crippen LogP contribution in [0.1, 0.15) is 33.4 Å². The minimum absolute atomic E-state index is 0.00218. The van der Waals surface area contributed by atoms with Crippen molar-refractivity contribution < 1.29 is 13.0 Å². The molecule has 0 unspecified atom stereocenters. The molecule has 1 aliphatic rings. The van der Waals surface area contributed by atoms with E-state index < -0.39 is 10.1 Å². The summed E-state index contributed by atoms with van der Waals surface area (Å²) in [6.45, 7) is 12.3. The molecule has 0 aliphatic carbocycles. The van der Waals surface area contributed by atoms with Gasteiger partial charge in [0.1, 0.15) is 4.90 Å². The molecule has 5 nitrogen and oxygen atoms in total. The number of aryl methyl sites for hydroxylation is 5. The van der Waals surface area contributed by atoms with Crippen molar-refractivity contribution >= 4 is 21.5 Å². The van der Waals surface area contributed by atoms with Gasteiger partial charge in [-0.3, -0.25) is 4.55 Å². The Balaban J connectivity index is 2.04. The summed E-state index contributed by atoms with van der Waals surface area (Å²) in [5.74, 6) is 0. The minimum Gasteiger partial charge on any atom is -0.328 e. The number of rotatable bonds is 3. The normalized spacial score (nSPS) is 14.3. The third kappa shape index (κ3) is 3.47. The van der Waals surface area contributed by atoms with E-state index in [4.69, 9.17) is 0 Å². The van der Waals surface area contributed by atoms with E-state index in [1.807, 2.05) is 30.3 Å². The highest BCUT2D eigenvalue weighted by Gasteiger charge is 2.26. The van der Waals surface area contributed by atoms with Crippen LogP contribution in [0.5, 0.6) is 0 Å². The van der Waals surface area contributed by atoms with E-state index in [9.17, 15) is 13.0 Å². The zero-order valence-electron chi connectivity index (χ0n) is 16.7. The molecule has 1 aliphatic heterocycles. The van der Waals surface area contributed by atoms with Crippen LogP contribution in [0, 0.1) is 41.5 Å². The summed E-state index contributed by atoms with van der Waals surface area (Å²) in [4.78, 5) is 4.19. The molecular formula is C21H26N2O3S. The van der Waals surface area contributed by atoms with Crippen LogP contribution in [0.3, 0.4) is 0 Å². The van der Waals surface area contributed by atoms with E-state index >= 15 is 0 Å². The lowest BCUT2D eigenvalue weighted by Crippen LogP contribution is -2.27. The molecule has 0 saturated heterocycles. The molecule has 0 atom stereocenters. The van der Waals surface area contributed by atoms with Crippen molar-refractivity contribution in [1.29, 1.82) is 0 Å². The summed E-state index contributed by atoms with van der Waals surface area (Å²) >= 11 is 0. The largest absolute Gasteiger partial charge is 0.328 e. The molecule has 0 saturated carbocycles. The molecule has 0 aromatic heterocycles. The first kappa shape index (κ1) is 19.5. The number of hydrogen-bond acceptors (Lipinski definition) is 4. The van der Waals surface area contributed by atoms with E-state index in [0.29, 0.717) is 17.8 Å². The average Bonchev–Trinajstić information content (AvgIpc) is 2.92. The Hall–Kier alpha value is -2.31. The molecule has 1 heterocycles. The molecule has 0 bridgehead atoms. The third-order valence-electron chi connectivity index (χ3n) is 5.06. The number of benzene rings is 2. The monoisotopic (exact) mass is 386 g/mol. The molecular weight excluding hydrogens is 360 g/mol. The molecule has 2 aromatic rings. The average molecular weight is 387 g/mol. The highest BCUT2D eigenvalue weighted by molar-refractivity contribution is 7.86. The third-order valence-corrected chi connectivity index (χ3v) is 6.20. The molecule has 1 N–H and O–H groups in total. The lowest BCUT2D eigenvalue weighted by molar-refractivity contribution is 0.482. The lowest BCUT2D eigenvalue weighted by Gasteiger charge is -2.27. The maximum Gasteiger partial charge on any atom is 0.295 e. The van der Waals surface area contributed by atoms with Crippen LogP contribution in [-0.4, -0.2) is 19.6 Å². The lowest BCUT2D eigenvalue weighted by atomic mass is 10.0. The van der Waals surface area contributed by atoms with Gasteiger partial charge in [-0.15, -0.1) is 0 Å². The smallest absolute Gasteiger partial charge is 0.295 e. The Morgan fingerprint density at radius 1 is 0.778 bits per heavy atom. The van der Waals surface area contributed by atoms with Gasteiger partial charge in [-0.05, 0) is 69.4 Å². The van der Waals surface area contributed by atoms with Crippen molar-refractivity contribution in [3.05, 3.63) is 64.0 Å². The first-order valence-electron chi connectivity index (χ1n) is 8.88. The van der Waals surface area contributed by atoms with Crippen LogP contribution in [0.25, 0.3) is 0 Å². The summed E-state index contributed by atoms with van der Waals surface area (Å²) < 4.78 is 33.4. The fourth-order valence-corrected chi connectivity index (χ4v) is 5.28. The van der Waals surface area contributed by atoms with E-state index in [1.54, 1.807) is 13.8 Å². The van der Waals surface area contributed by atoms with Crippen molar-refractivity contribution in [1.82, 2.24) is 0 Å². The molecule has 2 aromatic carbocycles. The van der Waals surface area contributed by atoms with Crippen LogP contribution >= 0.6 is 0 Å². The zero-order valence-corrected chi connectivity index (χ0v) is 17.5. The quantitative estimate of drug-likeness (QED) is 0.785. The van der Waals surface area contributed by atoms with Gasteiger partial charge in [0, 0.05) is 23.8 Å². The topological polar surface area (TPSA) is 60.9 Å². The van der Waals surface area contributed by atoms with Crippen molar-refractivity contribution in [3.63, 3.8) is 0 Å². The van der Waals surface area contributed by atoms with Gasteiger partial charge >= 0.3 is 0 Å². The van der Waals surface area contributed by atoms with Crippen molar-refractivity contribution in [2.24, 2.45) is 0 Å². The summed E-state index contributed by atoms with van der Waals surface area (Å²) in [5.41, 5.74) is 7.72. The highest BCUT2D eigenvalue weighted by atomic mass is 32.2. The molecule has 27 heavy (non-hydrogen) atoms. The second kappa shape index (κ2) is 6.69. The number of anilines is 2. The standard InChI is InChI=1S/C21H26N2O3S/c1-13-9-14(2)19(15(3)10-13)22-7-8-23(12-22)20-16(4)11-17(5)21(18(20)6)27(24,25)26/h7-11H,12H2,1-6H3,(H,24,25,26). The highest BCUT2D eigenvalue weighted by Crippen LogP contribution is 2.36. The second-order valence-corrected chi connectivity index (χ2v) is 8.77. The molecule has 3 rings (SSSR count). The second-order valence-electron chi connectivity index (χ2n) is 7.41. The van der Waals surface area contributed by atoms with E-state index in [1.165, 1.54) is 16.7 Å². The van der Waals surface area contributed by atoms with Crippen molar-refractivity contribution in [2.45, 2.75) is 46.4 Å². The van der Waals surface area contributed by atoms with Crippen molar-refractivity contribution in [3.8, 4) is 0 Å². The van der Waals surface area contributed by atoms with E-state index in [2.05, 4.69) is 37.8 Å². The van der Waals surface area contributed by atoms with Gasteiger partial charge in [0.2, 0.25) is 0 Å². The molecule has 144 valence electrons.